The monoisotopic (exact) mass is 238 g/mol. The minimum atomic E-state index is -0.340. The van der Waals surface area contributed by atoms with Crippen molar-refractivity contribution in [1.29, 1.82) is 0 Å². The molecule has 0 aromatic carbocycles. The molecule has 2 heterocycles. The molecule has 1 unspecified atom stereocenters. The first-order valence-corrected chi connectivity index (χ1v) is 6.07. The first-order chi connectivity index (χ1) is 7.58. The van der Waals surface area contributed by atoms with Crippen LogP contribution >= 0.6 is 11.3 Å². The van der Waals surface area contributed by atoms with Gasteiger partial charge in [0.2, 0.25) is 0 Å². The Balaban J connectivity index is 2.19. The van der Waals surface area contributed by atoms with Gasteiger partial charge in [-0.1, -0.05) is 11.3 Å². The molecule has 1 aliphatic rings. The molecule has 0 amide bonds. The van der Waals surface area contributed by atoms with Crippen LogP contribution in [-0.4, -0.2) is 22.9 Å². The van der Waals surface area contributed by atoms with Crippen LogP contribution in [0.5, 0.6) is 0 Å². The van der Waals surface area contributed by atoms with Gasteiger partial charge in [0.25, 0.3) is 0 Å². The summed E-state index contributed by atoms with van der Waals surface area (Å²) in [7, 11) is 2.07. The van der Waals surface area contributed by atoms with Crippen LogP contribution in [-0.2, 0) is 0 Å². The van der Waals surface area contributed by atoms with E-state index in [0.717, 1.165) is 17.7 Å². The van der Waals surface area contributed by atoms with E-state index >= 15 is 0 Å². The summed E-state index contributed by atoms with van der Waals surface area (Å²) in [5.74, 6) is 0. The molecule has 1 aliphatic heterocycles. The van der Waals surface area contributed by atoms with Gasteiger partial charge in [-0.05, 0) is 31.9 Å². The van der Waals surface area contributed by atoms with E-state index in [-0.39, 0.29) is 9.92 Å². The van der Waals surface area contributed by atoms with Crippen LogP contribution in [0.2, 0.25) is 0 Å². The van der Waals surface area contributed by atoms with Crippen LogP contribution < -0.4 is 0 Å². The minimum absolute atomic E-state index is 0.209. The number of likely N-dealkylation sites (tertiary alicyclic amines) is 1. The predicted octanol–water partition coefficient (Wildman–Crippen LogP) is 3.11. The Kier molecular flexibility index (Phi) is 2.96. The standard InChI is InChI=1S/C11H14N2O2S/c1-8-3-4-9(12(8)2)7-10-5-6-11(16-10)13(14)15/h5-8H,3-4H2,1-2H3/b9-7+. The maximum Gasteiger partial charge on any atom is 0.324 e. The second-order valence-corrected chi connectivity index (χ2v) is 5.16. The van der Waals surface area contributed by atoms with E-state index in [1.165, 1.54) is 17.0 Å². The third-order valence-electron chi connectivity index (χ3n) is 3.03. The van der Waals surface area contributed by atoms with Gasteiger partial charge in [0.05, 0.1) is 4.92 Å². The van der Waals surface area contributed by atoms with Crippen LogP contribution in [0, 0.1) is 10.1 Å². The fourth-order valence-corrected chi connectivity index (χ4v) is 2.65. The smallest absolute Gasteiger partial charge is 0.324 e. The Morgan fingerprint density at radius 3 is 2.88 bits per heavy atom. The minimum Gasteiger partial charge on any atom is -0.375 e. The molecule has 1 aromatic heterocycles. The summed E-state index contributed by atoms with van der Waals surface area (Å²) in [5.41, 5.74) is 1.27. The highest BCUT2D eigenvalue weighted by molar-refractivity contribution is 7.16. The van der Waals surface area contributed by atoms with Crippen LogP contribution in [0.3, 0.4) is 0 Å². The molecule has 2 rings (SSSR count). The molecule has 1 fully saturated rings. The lowest BCUT2D eigenvalue weighted by atomic mass is 10.2. The van der Waals surface area contributed by atoms with Crippen molar-refractivity contribution in [1.82, 2.24) is 4.90 Å². The molecule has 1 aromatic rings. The van der Waals surface area contributed by atoms with Gasteiger partial charge in [0.15, 0.2) is 0 Å². The lowest BCUT2D eigenvalue weighted by Crippen LogP contribution is -2.19. The molecule has 0 spiro atoms. The fraction of sp³-hybridized carbons (Fsp3) is 0.455. The normalized spacial score (nSPS) is 23.0. The molecule has 86 valence electrons. The molecule has 0 bridgehead atoms. The van der Waals surface area contributed by atoms with Gasteiger partial charge in [0.1, 0.15) is 0 Å². The maximum atomic E-state index is 10.6. The van der Waals surface area contributed by atoms with E-state index in [0.29, 0.717) is 6.04 Å². The maximum absolute atomic E-state index is 10.6. The van der Waals surface area contributed by atoms with Gasteiger partial charge in [-0.15, -0.1) is 0 Å². The topological polar surface area (TPSA) is 46.4 Å². The zero-order valence-electron chi connectivity index (χ0n) is 9.34. The summed E-state index contributed by atoms with van der Waals surface area (Å²) >= 11 is 1.23. The van der Waals surface area contributed by atoms with Crippen LogP contribution in [0.1, 0.15) is 24.6 Å². The number of allylic oxidation sites excluding steroid dienone is 1. The van der Waals surface area contributed by atoms with Crippen LogP contribution in [0.25, 0.3) is 6.08 Å². The average Bonchev–Trinajstić information content (AvgIpc) is 2.81. The van der Waals surface area contributed by atoms with E-state index in [4.69, 9.17) is 0 Å². The first-order valence-electron chi connectivity index (χ1n) is 5.25. The van der Waals surface area contributed by atoms with E-state index in [1.807, 2.05) is 6.07 Å². The van der Waals surface area contributed by atoms with Crippen molar-refractivity contribution < 1.29 is 4.92 Å². The Morgan fingerprint density at radius 2 is 2.38 bits per heavy atom. The van der Waals surface area contributed by atoms with Gasteiger partial charge in [-0.3, -0.25) is 10.1 Å². The second kappa shape index (κ2) is 4.25. The molecule has 0 N–H and O–H groups in total. The number of thiophene rings is 1. The lowest BCUT2D eigenvalue weighted by Gasteiger charge is -2.18. The summed E-state index contributed by atoms with van der Waals surface area (Å²) in [4.78, 5) is 13.4. The number of nitro groups is 1. The zero-order chi connectivity index (χ0) is 11.7. The largest absolute Gasteiger partial charge is 0.375 e. The number of hydrogen-bond acceptors (Lipinski definition) is 4. The Labute approximate surface area is 98.3 Å². The van der Waals surface area contributed by atoms with E-state index < -0.39 is 0 Å². The second-order valence-electron chi connectivity index (χ2n) is 4.07. The molecular formula is C11H14N2O2S. The zero-order valence-corrected chi connectivity index (χ0v) is 10.2. The van der Waals surface area contributed by atoms with Crippen molar-refractivity contribution in [3.63, 3.8) is 0 Å². The third-order valence-corrected chi connectivity index (χ3v) is 4.02. The number of nitrogens with zero attached hydrogens (tertiary/aromatic N) is 2. The molecule has 0 radical (unpaired) electrons. The molecule has 16 heavy (non-hydrogen) atoms. The quantitative estimate of drug-likeness (QED) is 0.587. The highest BCUT2D eigenvalue weighted by atomic mass is 32.1. The summed E-state index contributed by atoms with van der Waals surface area (Å²) in [6.45, 7) is 2.19. The highest BCUT2D eigenvalue weighted by Crippen LogP contribution is 2.31. The lowest BCUT2D eigenvalue weighted by molar-refractivity contribution is -0.380. The Morgan fingerprint density at radius 1 is 1.62 bits per heavy atom. The molecule has 5 heteroatoms. The van der Waals surface area contributed by atoms with E-state index in [9.17, 15) is 10.1 Å². The van der Waals surface area contributed by atoms with E-state index in [1.54, 1.807) is 6.07 Å². The Bertz CT molecular complexity index is 439. The molecule has 1 saturated heterocycles. The van der Waals surface area contributed by atoms with Crippen molar-refractivity contribution in [3.8, 4) is 0 Å². The summed E-state index contributed by atoms with van der Waals surface area (Å²) < 4.78 is 0. The third kappa shape index (κ3) is 2.09. The van der Waals surface area contributed by atoms with Crippen molar-refractivity contribution in [2.24, 2.45) is 0 Å². The number of hydrogen-bond donors (Lipinski definition) is 0. The van der Waals surface area contributed by atoms with Gasteiger partial charge in [-0.25, -0.2) is 0 Å². The highest BCUT2D eigenvalue weighted by Gasteiger charge is 2.20. The SMILES string of the molecule is CC1CC/C(=C\c2ccc([N+](=O)[O-])s2)N1C. The molecule has 0 aliphatic carbocycles. The van der Waals surface area contributed by atoms with E-state index in [2.05, 4.69) is 24.9 Å². The Hall–Kier alpha value is -1.36. The van der Waals surface area contributed by atoms with Crippen molar-refractivity contribution in [2.75, 3.05) is 7.05 Å². The van der Waals surface area contributed by atoms with Crippen molar-refractivity contribution in [2.45, 2.75) is 25.8 Å². The van der Waals surface area contributed by atoms with Gasteiger partial charge in [0, 0.05) is 29.7 Å². The predicted molar refractivity (Wildman–Crippen MR) is 65.4 cm³/mol. The summed E-state index contributed by atoms with van der Waals surface area (Å²) in [6, 6.07) is 3.95. The van der Waals surface area contributed by atoms with Crippen molar-refractivity contribution >= 4 is 22.4 Å². The van der Waals surface area contributed by atoms with Crippen molar-refractivity contribution in [3.05, 3.63) is 32.8 Å². The molecule has 4 nitrogen and oxygen atoms in total. The molecule has 1 atom stereocenters. The van der Waals surface area contributed by atoms with Gasteiger partial charge in [-0.2, -0.15) is 0 Å². The molecular weight excluding hydrogens is 224 g/mol. The average molecular weight is 238 g/mol. The first kappa shape index (κ1) is 11.1. The van der Waals surface area contributed by atoms with Crippen LogP contribution in [0.4, 0.5) is 5.00 Å². The van der Waals surface area contributed by atoms with Gasteiger partial charge < -0.3 is 4.90 Å². The molecule has 0 saturated carbocycles. The fourth-order valence-electron chi connectivity index (χ4n) is 1.87. The van der Waals surface area contributed by atoms with Crippen LogP contribution in [0.15, 0.2) is 17.8 Å². The summed E-state index contributed by atoms with van der Waals surface area (Å²) in [6.07, 6.45) is 4.28. The summed E-state index contributed by atoms with van der Waals surface area (Å²) in [5, 5.41) is 10.8. The number of rotatable bonds is 2. The van der Waals surface area contributed by atoms with Gasteiger partial charge >= 0.3 is 5.00 Å².